The van der Waals surface area contributed by atoms with Gasteiger partial charge in [0.25, 0.3) is 11.5 Å². The minimum absolute atomic E-state index is 0.223. The highest BCUT2D eigenvalue weighted by molar-refractivity contribution is 7.22. The standard InChI is InChI=1S/C24H24N4O2S/c1-4-28-21(29)14-13-19(26-28)23(30)27(15-17-9-6-5-7-10-17)24-25-22-18(16(2)3)11-8-12-20(22)31-24/h5-14,16H,4,15H2,1-3H3. The van der Waals surface area contributed by atoms with E-state index < -0.39 is 0 Å². The third-order valence-corrected chi connectivity index (χ3v) is 6.15. The summed E-state index contributed by atoms with van der Waals surface area (Å²) in [4.78, 5) is 32.0. The quantitative estimate of drug-likeness (QED) is 0.437. The Kier molecular flexibility index (Phi) is 5.95. The minimum Gasteiger partial charge on any atom is -0.278 e. The van der Waals surface area contributed by atoms with Crippen molar-refractivity contribution in [1.82, 2.24) is 14.8 Å². The van der Waals surface area contributed by atoms with Crippen LogP contribution in [0.15, 0.2) is 65.5 Å². The predicted octanol–water partition coefficient (Wildman–Crippen LogP) is 4.84. The van der Waals surface area contributed by atoms with E-state index in [-0.39, 0.29) is 17.2 Å². The molecule has 2 aromatic carbocycles. The smallest absolute Gasteiger partial charge is 0.278 e. The SMILES string of the molecule is CCn1nc(C(=O)N(Cc2ccccc2)c2nc3c(C(C)C)cccc3s2)ccc1=O. The van der Waals surface area contributed by atoms with Gasteiger partial charge in [0, 0.05) is 12.6 Å². The van der Waals surface area contributed by atoms with Crippen LogP contribution in [0.1, 0.15) is 48.3 Å². The lowest BCUT2D eigenvalue weighted by molar-refractivity contribution is 0.0978. The summed E-state index contributed by atoms with van der Waals surface area (Å²) < 4.78 is 2.34. The summed E-state index contributed by atoms with van der Waals surface area (Å²) in [5.41, 5.74) is 3.07. The zero-order chi connectivity index (χ0) is 22.0. The average Bonchev–Trinajstić information content (AvgIpc) is 3.22. The first-order valence-electron chi connectivity index (χ1n) is 10.3. The van der Waals surface area contributed by atoms with Gasteiger partial charge in [0.05, 0.1) is 16.8 Å². The first-order valence-corrected chi connectivity index (χ1v) is 11.1. The van der Waals surface area contributed by atoms with Gasteiger partial charge < -0.3 is 0 Å². The number of anilines is 1. The van der Waals surface area contributed by atoms with Crippen molar-refractivity contribution in [1.29, 1.82) is 0 Å². The number of hydrogen-bond acceptors (Lipinski definition) is 5. The topological polar surface area (TPSA) is 68.1 Å². The third-order valence-electron chi connectivity index (χ3n) is 5.11. The molecule has 0 atom stereocenters. The van der Waals surface area contributed by atoms with E-state index in [0.717, 1.165) is 21.3 Å². The van der Waals surface area contributed by atoms with Crippen molar-refractivity contribution < 1.29 is 4.79 Å². The number of aromatic nitrogens is 3. The van der Waals surface area contributed by atoms with Gasteiger partial charge >= 0.3 is 0 Å². The molecule has 0 fully saturated rings. The normalized spacial score (nSPS) is 11.2. The first-order chi connectivity index (χ1) is 15.0. The van der Waals surface area contributed by atoms with Gasteiger partial charge in [-0.3, -0.25) is 14.5 Å². The molecule has 0 bridgehead atoms. The van der Waals surface area contributed by atoms with Crippen LogP contribution >= 0.6 is 11.3 Å². The maximum Gasteiger partial charge on any atom is 0.280 e. The lowest BCUT2D eigenvalue weighted by atomic mass is 10.0. The van der Waals surface area contributed by atoms with Crippen molar-refractivity contribution in [3.05, 3.63) is 87.8 Å². The molecule has 0 spiro atoms. The number of hydrogen-bond donors (Lipinski definition) is 0. The van der Waals surface area contributed by atoms with Crippen LogP contribution in [-0.2, 0) is 13.1 Å². The molecule has 158 valence electrons. The van der Waals surface area contributed by atoms with Gasteiger partial charge in [-0.05, 0) is 36.1 Å². The Morgan fingerprint density at radius 2 is 1.84 bits per heavy atom. The summed E-state index contributed by atoms with van der Waals surface area (Å²) >= 11 is 1.49. The number of fused-ring (bicyclic) bond motifs is 1. The zero-order valence-corrected chi connectivity index (χ0v) is 18.6. The van der Waals surface area contributed by atoms with Crippen LogP contribution in [0.25, 0.3) is 10.2 Å². The monoisotopic (exact) mass is 432 g/mol. The van der Waals surface area contributed by atoms with Crippen LogP contribution in [0.5, 0.6) is 0 Å². The van der Waals surface area contributed by atoms with Gasteiger partial charge in [0.2, 0.25) is 0 Å². The van der Waals surface area contributed by atoms with Crippen molar-refractivity contribution >= 4 is 32.6 Å². The molecule has 4 rings (SSSR count). The first kappa shape index (κ1) is 20.9. The van der Waals surface area contributed by atoms with Crippen LogP contribution in [0.3, 0.4) is 0 Å². The second-order valence-electron chi connectivity index (χ2n) is 7.59. The molecule has 0 aliphatic carbocycles. The fourth-order valence-electron chi connectivity index (χ4n) is 3.46. The Morgan fingerprint density at radius 3 is 2.55 bits per heavy atom. The summed E-state index contributed by atoms with van der Waals surface area (Å²) in [5.74, 6) is 0.0444. The van der Waals surface area contributed by atoms with E-state index in [4.69, 9.17) is 4.98 Å². The van der Waals surface area contributed by atoms with Crippen molar-refractivity contribution in [2.45, 2.75) is 39.8 Å². The summed E-state index contributed by atoms with van der Waals surface area (Å²) in [6.07, 6.45) is 0. The lowest BCUT2D eigenvalue weighted by Gasteiger charge is -2.20. The van der Waals surface area contributed by atoms with Crippen LogP contribution in [0.4, 0.5) is 5.13 Å². The molecule has 31 heavy (non-hydrogen) atoms. The van der Waals surface area contributed by atoms with Gasteiger partial charge in [-0.1, -0.05) is 67.6 Å². The number of carbonyl (C=O) groups excluding carboxylic acids is 1. The Labute approximate surface area is 184 Å². The Hall–Kier alpha value is -3.32. The number of rotatable bonds is 6. The second kappa shape index (κ2) is 8.81. The van der Waals surface area contributed by atoms with Gasteiger partial charge in [-0.2, -0.15) is 5.10 Å². The summed E-state index contributed by atoms with van der Waals surface area (Å²) in [5, 5.41) is 4.89. The van der Waals surface area contributed by atoms with E-state index >= 15 is 0 Å². The fraction of sp³-hybridized carbons (Fsp3) is 0.250. The fourth-order valence-corrected chi connectivity index (χ4v) is 4.46. The minimum atomic E-state index is -0.281. The number of benzene rings is 2. The maximum absolute atomic E-state index is 13.5. The number of aryl methyl sites for hydroxylation is 1. The van der Waals surface area contributed by atoms with Crippen LogP contribution in [-0.4, -0.2) is 20.7 Å². The van der Waals surface area contributed by atoms with Crippen molar-refractivity contribution in [2.75, 3.05) is 4.90 Å². The molecule has 7 heteroatoms. The molecule has 4 aromatic rings. The molecule has 0 saturated carbocycles. The molecule has 6 nitrogen and oxygen atoms in total. The highest BCUT2D eigenvalue weighted by atomic mass is 32.1. The highest BCUT2D eigenvalue weighted by Gasteiger charge is 2.24. The van der Waals surface area contributed by atoms with E-state index in [9.17, 15) is 9.59 Å². The van der Waals surface area contributed by atoms with Gasteiger partial charge in [-0.25, -0.2) is 9.67 Å². The van der Waals surface area contributed by atoms with Crippen molar-refractivity contribution in [2.24, 2.45) is 0 Å². The molecule has 2 aromatic heterocycles. The molecule has 0 aliphatic heterocycles. The molecule has 0 aliphatic rings. The predicted molar refractivity (Wildman–Crippen MR) is 125 cm³/mol. The highest BCUT2D eigenvalue weighted by Crippen LogP contribution is 2.34. The molecule has 2 heterocycles. The van der Waals surface area contributed by atoms with Crippen molar-refractivity contribution in [3.8, 4) is 0 Å². The maximum atomic E-state index is 13.5. The Morgan fingerprint density at radius 1 is 1.06 bits per heavy atom. The number of thiazole rings is 1. The Balaban J connectivity index is 1.81. The number of carbonyl (C=O) groups is 1. The molecular weight excluding hydrogens is 408 g/mol. The second-order valence-corrected chi connectivity index (χ2v) is 8.60. The molecule has 0 saturated heterocycles. The van der Waals surface area contributed by atoms with E-state index in [1.807, 2.05) is 49.4 Å². The molecule has 0 N–H and O–H groups in total. The van der Waals surface area contributed by atoms with E-state index in [1.54, 1.807) is 4.90 Å². The number of amides is 1. The largest absolute Gasteiger partial charge is 0.280 e. The zero-order valence-electron chi connectivity index (χ0n) is 17.8. The average molecular weight is 433 g/mol. The molecule has 0 radical (unpaired) electrons. The summed E-state index contributed by atoms with van der Waals surface area (Å²) in [6, 6.07) is 18.8. The molecular formula is C24H24N4O2S. The molecule has 1 amide bonds. The van der Waals surface area contributed by atoms with E-state index in [0.29, 0.717) is 24.1 Å². The summed E-state index contributed by atoms with van der Waals surface area (Å²) in [6.45, 7) is 6.86. The van der Waals surface area contributed by atoms with E-state index in [1.165, 1.54) is 28.2 Å². The summed E-state index contributed by atoms with van der Waals surface area (Å²) in [7, 11) is 0. The number of para-hydroxylation sites is 1. The van der Waals surface area contributed by atoms with Gasteiger partial charge in [0.1, 0.15) is 5.69 Å². The third kappa shape index (κ3) is 4.27. The number of nitrogens with zero attached hydrogens (tertiary/aromatic N) is 4. The van der Waals surface area contributed by atoms with E-state index in [2.05, 4.69) is 25.0 Å². The van der Waals surface area contributed by atoms with Gasteiger partial charge in [-0.15, -0.1) is 0 Å². The van der Waals surface area contributed by atoms with Crippen LogP contribution in [0, 0.1) is 0 Å². The van der Waals surface area contributed by atoms with Crippen LogP contribution < -0.4 is 10.5 Å². The van der Waals surface area contributed by atoms with Crippen molar-refractivity contribution in [3.63, 3.8) is 0 Å². The van der Waals surface area contributed by atoms with Crippen LogP contribution in [0.2, 0.25) is 0 Å². The molecule has 0 unspecified atom stereocenters. The Bertz CT molecular complexity index is 1280. The van der Waals surface area contributed by atoms with Gasteiger partial charge in [0.15, 0.2) is 5.13 Å². The lowest BCUT2D eigenvalue weighted by Crippen LogP contribution is -2.33.